The van der Waals surface area contributed by atoms with Gasteiger partial charge in [-0.25, -0.2) is 0 Å². The monoisotopic (exact) mass is 495 g/mol. The zero-order valence-electron chi connectivity index (χ0n) is 20.5. The SMILES string of the molecule is CCCN1CC=C[C@@H]2S[C@]34C=CCN(c5c(C)cccc5C)C(=O)C3N(CCO)C(=O)[C@@H]4[C@@H]2C1=O. The van der Waals surface area contributed by atoms with E-state index < -0.39 is 22.6 Å². The fraction of sp³-hybridized carbons (Fsp3) is 0.519. The van der Waals surface area contributed by atoms with E-state index in [1.807, 2.05) is 62.1 Å². The summed E-state index contributed by atoms with van der Waals surface area (Å²) >= 11 is 1.58. The second-order valence-electron chi connectivity index (χ2n) is 9.90. The standard InChI is InChI=1S/C27H33N3O4S/c1-4-12-28-13-6-10-19-20(24(28)32)21-25(33)30(15-16-31)23-26(34)29(14-7-11-27(21,23)35-19)22-17(2)8-5-9-18(22)3/h5-11,19-21,23,31H,4,12-16H2,1-3H3/t19-,20+,21-,23?,27-/m0/s1. The molecular formula is C27H33N3O4S. The highest BCUT2D eigenvalue weighted by Crippen LogP contribution is 2.61. The lowest BCUT2D eigenvalue weighted by Crippen LogP contribution is -2.54. The van der Waals surface area contributed by atoms with E-state index in [1.165, 1.54) is 0 Å². The third kappa shape index (κ3) is 3.56. The van der Waals surface area contributed by atoms with Gasteiger partial charge in [-0.1, -0.05) is 49.4 Å². The number of likely N-dealkylation sites (tertiary alicyclic amines) is 1. The number of aryl methyl sites for hydroxylation is 2. The molecule has 1 spiro atoms. The molecule has 0 radical (unpaired) electrons. The van der Waals surface area contributed by atoms with E-state index in [0.717, 1.165) is 23.2 Å². The number of hydrogen-bond donors (Lipinski definition) is 1. The number of carbonyl (C=O) groups is 3. The molecule has 1 unspecified atom stereocenters. The molecule has 1 aromatic rings. The van der Waals surface area contributed by atoms with Crippen molar-refractivity contribution in [3.8, 4) is 0 Å². The summed E-state index contributed by atoms with van der Waals surface area (Å²) in [6, 6.07) is 5.18. The fourth-order valence-corrected chi connectivity index (χ4v) is 8.45. The summed E-state index contributed by atoms with van der Waals surface area (Å²) in [5.74, 6) is -1.52. The zero-order chi connectivity index (χ0) is 24.9. The van der Waals surface area contributed by atoms with Crippen LogP contribution in [0.3, 0.4) is 0 Å². The maximum absolute atomic E-state index is 14.3. The molecule has 0 saturated carbocycles. The van der Waals surface area contributed by atoms with Crippen LogP contribution in [0.1, 0.15) is 24.5 Å². The number of anilines is 1. The highest BCUT2D eigenvalue weighted by molar-refractivity contribution is 8.02. The van der Waals surface area contributed by atoms with Gasteiger partial charge in [0.05, 0.1) is 23.2 Å². The van der Waals surface area contributed by atoms with Gasteiger partial charge in [0.25, 0.3) is 5.91 Å². The smallest absolute Gasteiger partial charge is 0.251 e. The Morgan fingerprint density at radius 2 is 1.77 bits per heavy atom. The van der Waals surface area contributed by atoms with Crippen LogP contribution in [-0.4, -0.2) is 81.5 Å². The summed E-state index contributed by atoms with van der Waals surface area (Å²) in [6.45, 7) is 7.45. The molecule has 5 atom stereocenters. The van der Waals surface area contributed by atoms with E-state index in [-0.39, 0.29) is 36.1 Å². The Morgan fingerprint density at radius 3 is 2.46 bits per heavy atom. The largest absolute Gasteiger partial charge is 0.395 e. The van der Waals surface area contributed by atoms with Gasteiger partial charge in [-0.05, 0) is 31.4 Å². The minimum Gasteiger partial charge on any atom is -0.395 e. The molecule has 0 aromatic heterocycles. The van der Waals surface area contributed by atoms with Crippen molar-refractivity contribution in [2.45, 2.75) is 43.2 Å². The number of rotatable bonds is 5. The molecule has 3 amide bonds. The Bertz CT molecular complexity index is 1100. The molecule has 35 heavy (non-hydrogen) atoms. The third-order valence-electron chi connectivity index (χ3n) is 7.79. The van der Waals surface area contributed by atoms with Gasteiger partial charge in [-0.15, -0.1) is 11.8 Å². The lowest BCUT2D eigenvalue weighted by molar-refractivity contribution is -0.143. The Morgan fingerprint density at radius 1 is 1.03 bits per heavy atom. The normalized spacial score (nSPS) is 32.0. The van der Waals surface area contributed by atoms with Crippen molar-refractivity contribution in [3.63, 3.8) is 0 Å². The summed E-state index contributed by atoms with van der Waals surface area (Å²) < 4.78 is -0.848. The van der Waals surface area contributed by atoms with Gasteiger partial charge < -0.3 is 19.8 Å². The molecule has 1 N–H and O–H groups in total. The van der Waals surface area contributed by atoms with Crippen molar-refractivity contribution in [1.82, 2.24) is 9.80 Å². The second-order valence-corrected chi connectivity index (χ2v) is 11.4. The summed E-state index contributed by atoms with van der Waals surface area (Å²) in [5, 5.41) is 9.67. The first-order valence-corrected chi connectivity index (χ1v) is 13.3. The number of nitrogens with zero attached hydrogens (tertiary/aromatic N) is 3. The highest BCUT2D eigenvalue weighted by Gasteiger charge is 2.71. The van der Waals surface area contributed by atoms with E-state index in [0.29, 0.717) is 19.6 Å². The first kappa shape index (κ1) is 24.1. The molecule has 4 heterocycles. The molecule has 0 bridgehead atoms. The zero-order valence-corrected chi connectivity index (χ0v) is 21.3. The van der Waals surface area contributed by atoms with E-state index >= 15 is 0 Å². The lowest BCUT2D eigenvalue weighted by Gasteiger charge is -2.35. The Labute approximate surface area is 210 Å². The number of aliphatic hydroxyl groups is 1. The van der Waals surface area contributed by atoms with Crippen LogP contribution in [0, 0.1) is 25.7 Å². The maximum Gasteiger partial charge on any atom is 0.251 e. The van der Waals surface area contributed by atoms with Crippen molar-refractivity contribution in [1.29, 1.82) is 0 Å². The molecule has 186 valence electrons. The van der Waals surface area contributed by atoms with Gasteiger partial charge in [0.15, 0.2) is 0 Å². The summed E-state index contributed by atoms with van der Waals surface area (Å²) in [5.41, 5.74) is 2.85. The molecule has 2 fully saturated rings. The van der Waals surface area contributed by atoms with E-state index in [2.05, 4.69) is 6.08 Å². The maximum atomic E-state index is 14.3. The summed E-state index contributed by atoms with van der Waals surface area (Å²) in [7, 11) is 0. The van der Waals surface area contributed by atoms with Crippen LogP contribution < -0.4 is 4.90 Å². The van der Waals surface area contributed by atoms with Crippen LogP contribution in [-0.2, 0) is 14.4 Å². The molecule has 0 aliphatic carbocycles. The quantitative estimate of drug-likeness (QED) is 0.634. The van der Waals surface area contributed by atoms with Crippen LogP contribution >= 0.6 is 11.8 Å². The number of para-hydroxylation sites is 1. The van der Waals surface area contributed by atoms with Gasteiger partial charge in [-0.2, -0.15) is 0 Å². The number of hydrogen-bond acceptors (Lipinski definition) is 5. The van der Waals surface area contributed by atoms with Crippen LogP contribution in [0.4, 0.5) is 5.69 Å². The van der Waals surface area contributed by atoms with Crippen molar-refractivity contribution in [3.05, 3.63) is 53.6 Å². The number of fused-ring (bicyclic) bond motifs is 2. The number of amides is 3. The molecule has 2 saturated heterocycles. The topological polar surface area (TPSA) is 81.2 Å². The van der Waals surface area contributed by atoms with Gasteiger partial charge in [0.1, 0.15) is 6.04 Å². The van der Waals surface area contributed by atoms with Gasteiger partial charge in [0, 0.05) is 37.1 Å². The number of thioether (sulfide) groups is 1. The van der Waals surface area contributed by atoms with Crippen LogP contribution in [0.5, 0.6) is 0 Å². The average Bonchev–Trinajstić information content (AvgIpc) is 3.13. The van der Waals surface area contributed by atoms with Crippen LogP contribution in [0.2, 0.25) is 0 Å². The molecule has 8 heteroatoms. The minimum atomic E-state index is -0.848. The molecule has 5 rings (SSSR count). The first-order chi connectivity index (χ1) is 16.9. The van der Waals surface area contributed by atoms with Crippen molar-refractivity contribution >= 4 is 35.2 Å². The van der Waals surface area contributed by atoms with E-state index in [9.17, 15) is 19.5 Å². The van der Waals surface area contributed by atoms with E-state index in [4.69, 9.17) is 0 Å². The number of carbonyl (C=O) groups excluding carboxylic acids is 3. The average molecular weight is 496 g/mol. The summed E-state index contributed by atoms with van der Waals surface area (Å²) in [4.78, 5) is 47.1. The van der Waals surface area contributed by atoms with Crippen molar-refractivity contribution < 1.29 is 19.5 Å². The van der Waals surface area contributed by atoms with Gasteiger partial charge in [0.2, 0.25) is 11.8 Å². The van der Waals surface area contributed by atoms with Gasteiger partial charge in [-0.3, -0.25) is 14.4 Å². The highest BCUT2D eigenvalue weighted by atomic mass is 32.2. The Kier molecular flexibility index (Phi) is 6.30. The van der Waals surface area contributed by atoms with Crippen LogP contribution in [0.25, 0.3) is 0 Å². The predicted octanol–water partition coefficient (Wildman–Crippen LogP) is 2.30. The number of β-amino-alcohol motifs (C(OH)–C–C–N with tert-alkyl or cyclic N) is 1. The van der Waals surface area contributed by atoms with Crippen LogP contribution in [0.15, 0.2) is 42.5 Å². The first-order valence-electron chi connectivity index (χ1n) is 12.5. The second kappa shape index (κ2) is 9.13. The van der Waals surface area contributed by atoms with E-state index in [1.54, 1.807) is 21.6 Å². The van der Waals surface area contributed by atoms with Crippen molar-refractivity contribution in [2.75, 3.05) is 37.7 Å². The molecular weight excluding hydrogens is 462 g/mol. The summed E-state index contributed by atoms with van der Waals surface area (Å²) in [6.07, 6.45) is 8.94. The van der Waals surface area contributed by atoms with Gasteiger partial charge >= 0.3 is 0 Å². The molecule has 7 nitrogen and oxygen atoms in total. The molecule has 1 aromatic carbocycles. The Balaban J connectivity index is 1.62. The van der Waals surface area contributed by atoms with Crippen molar-refractivity contribution in [2.24, 2.45) is 11.8 Å². The lowest BCUT2D eigenvalue weighted by atomic mass is 9.78. The molecule has 4 aliphatic rings. The fourth-order valence-electron chi connectivity index (χ4n) is 6.44. The molecule has 4 aliphatic heterocycles. The number of aliphatic hydroxyl groups excluding tert-OH is 1. The Hall–Kier alpha value is -2.58. The number of benzene rings is 1. The minimum absolute atomic E-state index is 0.00845. The third-order valence-corrected chi connectivity index (χ3v) is 9.53. The predicted molar refractivity (Wildman–Crippen MR) is 137 cm³/mol.